The molecule has 0 atom stereocenters. The summed E-state index contributed by atoms with van der Waals surface area (Å²) in [5.41, 5.74) is 18.8. The second-order valence-corrected chi connectivity index (χ2v) is 24.7. The van der Waals surface area contributed by atoms with Gasteiger partial charge in [0.25, 0.3) is 0 Å². The summed E-state index contributed by atoms with van der Waals surface area (Å²) in [4.78, 5) is 9.85. The summed E-state index contributed by atoms with van der Waals surface area (Å²) < 4.78 is 35.3. The minimum absolute atomic E-state index is 0.0118. The highest BCUT2D eigenvalue weighted by Crippen LogP contribution is 2.47. The summed E-state index contributed by atoms with van der Waals surface area (Å²) in [6, 6.07) is 49.9. The second-order valence-electron chi connectivity index (χ2n) is 24.7. The Hall–Kier alpha value is -7.11. The van der Waals surface area contributed by atoms with Crippen molar-refractivity contribution in [1.29, 1.82) is 0 Å². The quantitative estimate of drug-likeness (QED) is 0.159. The highest BCUT2D eigenvalue weighted by Gasteiger charge is 2.31. The van der Waals surface area contributed by atoms with Crippen LogP contribution >= 0.6 is 0 Å². The lowest BCUT2D eigenvalue weighted by Crippen LogP contribution is -2.25. The Balaban J connectivity index is 1.08. The minimum atomic E-state index is -2.33. The van der Waals surface area contributed by atoms with Gasteiger partial charge in [-0.25, -0.2) is 4.98 Å². The summed E-state index contributed by atoms with van der Waals surface area (Å²) >= 11 is 0. The van der Waals surface area contributed by atoms with E-state index in [9.17, 15) is 0 Å². The van der Waals surface area contributed by atoms with E-state index in [-0.39, 0.29) is 21.7 Å². The molecule has 0 spiro atoms. The van der Waals surface area contributed by atoms with E-state index in [1.165, 1.54) is 39.1 Å². The number of nitrogens with zero attached hydrogens (tertiary/aromatic N) is 4. The lowest BCUT2D eigenvalue weighted by molar-refractivity contribution is 0.483. The maximum absolute atomic E-state index is 8.73. The number of fused-ring (bicyclic) bond motifs is 4. The molecule has 0 amide bonds. The van der Waals surface area contributed by atoms with Crippen molar-refractivity contribution in [3.8, 4) is 39.6 Å². The first-order valence-corrected chi connectivity index (χ1v) is 26.0. The SMILES string of the molecule is [2H]C([2H])([2H])c1cc(C(C)(C)C)cc(C)c1-c1ccnc(-n2c3ccc(-c4c(C)cc(C(C)(C)C)cc4C)cc3c3ccc(Oc4cccc(N5CN(c6cc(C(C)(C)C)cc(C(C)(C)C)c6)c6ccccc65)c4)cc32)c1. The predicted octanol–water partition coefficient (Wildman–Crippen LogP) is 19.0. The van der Waals surface area contributed by atoms with Gasteiger partial charge in [-0.05, 0) is 189 Å². The molecule has 5 nitrogen and oxygen atoms in total. The smallest absolute Gasteiger partial charge is 0.138 e. The fraction of sp³-hybridized carbons (Fsp3) is 0.309. The number of pyridine rings is 1. The molecule has 3 heterocycles. The molecule has 9 aromatic rings. The second kappa shape index (κ2) is 17.8. The summed E-state index contributed by atoms with van der Waals surface area (Å²) in [7, 11) is 0. The van der Waals surface area contributed by atoms with Gasteiger partial charge < -0.3 is 14.5 Å². The van der Waals surface area contributed by atoms with Crippen LogP contribution in [0.1, 0.15) is 132 Å². The normalized spacial score (nSPS) is 14.2. The molecule has 0 bridgehead atoms. The van der Waals surface area contributed by atoms with E-state index in [0.717, 1.165) is 66.9 Å². The van der Waals surface area contributed by atoms with Crippen LogP contribution in [-0.2, 0) is 21.7 Å². The van der Waals surface area contributed by atoms with Gasteiger partial charge in [0.1, 0.15) is 24.0 Å². The Labute approximate surface area is 439 Å². The first kappa shape index (κ1) is 45.7. The third kappa shape index (κ3) is 9.33. The molecule has 0 saturated carbocycles. The van der Waals surface area contributed by atoms with Gasteiger partial charge in [-0.1, -0.05) is 138 Å². The van der Waals surface area contributed by atoms with Crippen molar-refractivity contribution in [3.05, 3.63) is 190 Å². The van der Waals surface area contributed by atoms with Crippen LogP contribution in [0.4, 0.5) is 22.7 Å². The molecule has 0 N–H and O–H groups in total. The lowest BCUT2D eigenvalue weighted by Gasteiger charge is -2.29. The number of benzene rings is 7. The molecule has 1 aliphatic heterocycles. The molecule has 2 aromatic heterocycles. The van der Waals surface area contributed by atoms with Crippen molar-refractivity contribution in [3.63, 3.8) is 0 Å². The van der Waals surface area contributed by atoms with Crippen LogP contribution in [0.15, 0.2) is 146 Å². The van der Waals surface area contributed by atoms with Crippen LogP contribution in [0.3, 0.4) is 0 Å². The lowest BCUT2D eigenvalue weighted by atomic mass is 9.80. The molecule has 7 aromatic carbocycles. The van der Waals surface area contributed by atoms with Crippen LogP contribution in [0, 0.1) is 27.6 Å². The molecule has 372 valence electrons. The van der Waals surface area contributed by atoms with E-state index in [0.29, 0.717) is 29.4 Å². The largest absolute Gasteiger partial charge is 0.457 e. The van der Waals surface area contributed by atoms with Gasteiger partial charge in [0.2, 0.25) is 0 Å². The number of ether oxygens (including phenoxy) is 1. The molecule has 0 unspecified atom stereocenters. The number of para-hydroxylation sites is 2. The van der Waals surface area contributed by atoms with Gasteiger partial charge in [0.15, 0.2) is 0 Å². The molecule has 0 radical (unpaired) electrons. The Kier molecular flexibility index (Phi) is 11.2. The average molecular weight is 966 g/mol. The molecule has 5 heteroatoms. The topological polar surface area (TPSA) is 33.5 Å². The van der Waals surface area contributed by atoms with Gasteiger partial charge in [-0.3, -0.25) is 4.57 Å². The number of aryl methyl sites for hydroxylation is 4. The van der Waals surface area contributed by atoms with E-state index in [2.05, 4.69) is 227 Å². The van der Waals surface area contributed by atoms with Crippen molar-refractivity contribution in [1.82, 2.24) is 9.55 Å². The Morgan fingerprint density at radius 3 is 1.58 bits per heavy atom. The highest BCUT2D eigenvalue weighted by atomic mass is 16.5. The third-order valence-corrected chi connectivity index (χ3v) is 15.0. The van der Waals surface area contributed by atoms with E-state index < -0.39 is 6.85 Å². The fourth-order valence-electron chi connectivity index (χ4n) is 10.8. The number of anilines is 4. The summed E-state index contributed by atoms with van der Waals surface area (Å²) in [6.07, 6.45) is 1.80. The molecule has 73 heavy (non-hydrogen) atoms. The minimum Gasteiger partial charge on any atom is -0.457 e. The van der Waals surface area contributed by atoms with E-state index in [4.69, 9.17) is 13.8 Å². The molecular weight excluding hydrogens is 889 g/mol. The molecule has 0 fully saturated rings. The number of hydrogen-bond donors (Lipinski definition) is 0. The number of hydrogen-bond acceptors (Lipinski definition) is 4. The predicted molar refractivity (Wildman–Crippen MR) is 312 cm³/mol. The van der Waals surface area contributed by atoms with Crippen molar-refractivity contribution in [2.24, 2.45) is 0 Å². The van der Waals surface area contributed by atoms with Crippen LogP contribution in [0.2, 0.25) is 0 Å². The van der Waals surface area contributed by atoms with Gasteiger partial charge in [-0.2, -0.15) is 0 Å². The monoisotopic (exact) mass is 966 g/mol. The van der Waals surface area contributed by atoms with Crippen LogP contribution in [0.5, 0.6) is 11.5 Å². The fourth-order valence-corrected chi connectivity index (χ4v) is 10.8. The van der Waals surface area contributed by atoms with Gasteiger partial charge in [-0.15, -0.1) is 0 Å². The molecule has 10 rings (SSSR count). The molecule has 1 aliphatic rings. The van der Waals surface area contributed by atoms with Crippen LogP contribution in [0.25, 0.3) is 49.9 Å². The first-order valence-electron chi connectivity index (χ1n) is 27.5. The van der Waals surface area contributed by atoms with E-state index in [1.807, 2.05) is 31.2 Å². The van der Waals surface area contributed by atoms with Crippen molar-refractivity contribution < 1.29 is 8.85 Å². The Bertz CT molecular complexity index is 3680. The zero-order chi connectivity index (χ0) is 54.6. The van der Waals surface area contributed by atoms with Gasteiger partial charge in [0.05, 0.1) is 22.4 Å². The van der Waals surface area contributed by atoms with E-state index in [1.54, 1.807) is 6.20 Å². The summed E-state index contributed by atoms with van der Waals surface area (Å²) in [5.74, 6) is 2.09. The maximum atomic E-state index is 8.73. The van der Waals surface area contributed by atoms with Gasteiger partial charge >= 0.3 is 0 Å². The molecule has 0 aliphatic carbocycles. The van der Waals surface area contributed by atoms with Crippen LogP contribution < -0.4 is 14.5 Å². The number of rotatable bonds is 7. The number of aromatic nitrogens is 2. The Morgan fingerprint density at radius 2 is 0.986 bits per heavy atom. The summed E-state index contributed by atoms with van der Waals surface area (Å²) in [5, 5.41) is 2.14. The third-order valence-electron chi connectivity index (χ3n) is 15.0. The van der Waals surface area contributed by atoms with Crippen molar-refractivity contribution >= 4 is 44.6 Å². The first-order chi connectivity index (χ1) is 35.5. The van der Waals surface area contributed by atoms with Crippen LogP contribution in [-0.4, -0.2) is 16.2 Å². The zero-order valence-corrected chi connectivity index (χ0v) is 45.8. The Morgan fingerprint density at radius 1 is 0.452 bits per heavy atom. The standard InChI is InChI=1S/C68H74N4O/c1-42-30-48(65(5,6)7)31-43(2)63(42)46-24-27-58-57(34-46)56-26-25-55(40-61(56)72(58)62-35-47(28-29-69-62)64-44(3)32-49(33-45(64)4)66(8,9)10)73-54-21-19-20-52(39-54)70-41-71(60-23-18-17-22-59(60)70)53-37-50(67(11,12)13)36-51(38-53)68(14,15)16/h17-40H,41H2,1-16H3/i3D3. The van der Waals surface area contributed by atoms with E-state index >= 15 is 0 Å². The highest BCUT2D eigenvalue weighted by molar-refractivity contribution is 6.11. The molecule has 0 saturated heterocycles. The van der Waals surface area contributed by atoms with Gasteiger partial charge in [0, 0.05) is 44.6 Å². The maximum Gasteiger partial charge on any atom is 0.138 e. The zero-order valence-electron chi connectivity index (χ0n) is 48.8. The van der Waals surface area contributed by atoms with Crippen molar-refractivity contribution in [2.45, 2.75) is 132 Å². The molecular formula is C68H74N4O. The van der Waals surface area contributed by atoms with Crippen molar-refractivity contribution in [2.75, 3.05) is 16.5 Å². The summed E-state index contributed by atoms with van der Waals surface area (Å²) in [6.45, 7) is 31.7. The average Bonchev–Trinajstić information content (AvgIpc) is 3.89.